The van der Waals surface area contributed by atoms with Gasteiger partial charge in [0.1, 0.15) is 29.0 Å². The standard InChI is InChI=1S/C24H27N7O4S/c1-15-12-25-22(26-13-15)19(34-4)14-36-30-24-29-28-23(16-8-6-11-20(27-16)35-5)31(24)21-17(32-2)9-7-10-18(21)33-3/h6-13,19H,14H2,1-5H3,(H,29,30). The van der Waals surface area contributed by atoms with Gasteiger partial charge in [0, 0.05) is 31.3 Å². The number of ether oxygens (including phenoxy) is 4. The summed E-state index contributed by atoms with van der Waals surface area (Å²) in [7, 11) is 6.38. The van der Waals surface area contributed by atoms with Crippen LogP contribution in [0.5, 0.6) is 17.4 Å². The Balaban J connectivity index is 1.71. The van der Waals surface area contributed by atoms with Gasteiger partial charge in [0.15, 0.2) is 11.6 Å². The zero-order valence-electron chi connectivity index (χ0n) is 20.6. The first-order valence-corrected chi connectivity index (χ1v) is 12.0. The van der Waals surface area contributed by atoms with E-state index < -0.39 is 0 Å². The summed E-state index contributed by atoms with van der Waals surface area (Å²) in [6.45, 7) is 1.94. The highest BCUT2D eigenvalue weighted by Gasteiger charge is 2.24. The minimum absolute atomic E-state index is 0.320. The molecule has 3 heterocycles. The molecule has 3 aromatic heterocycles. The fourth-order valence-electron chi connectivity index (χ4n) is 3.43. The Morgan fingerprint density at radius 2 is 1.61 bits per heavy atom. The number of methoxy groups -OCH3 is 4. The van der Waals surface area contributed by atoms with Gasteiger partial charge in [-0.1, -0.05) is 12.1 Å². The lowest BCUT2D eigenvalue weighted by atomic mass is 10.2. The Bertz CT molecular complexity index is 1280. The molecule has 1 atom stereocenters. The predicted octanol–water partition coefficient (Wildman–Crippen LogP) is 3.90. The fourth-order valence-corrected chi connectivity index (χ4v) is 4.21. The van der Waals surface area contributed by atoms with Crippen molar-refractivity contribution in [1.82, 2.24) is 29.7 Å². The van der Waals surface area contributed by atoms with Gasteiger partial charge in [0.2, 0.25) is 11.8 Å². The van der Waals surface area contributed by atoms with Crippen molar-refractivity contribution < 1.29 is 18.9 Å². The molecule has 11 nitrogen and oxygen atoms in total. The topological polar surface area (TPSA) is 118 Å². The Hall–Kier alpha value is -3.90. The number of aromatic nitrogens is 6. The van der Waals surface area contributed by atoms with Crippen LogP contribution in [0.3, 0.4) is 0 Å². The van der Waals surface area contributed by atoms with Gasteiger partial charge in [-0.25, -0.2) is 15.0 Å². The molecule has 4 rings (SSSR count). The number of hydrogen-bond donors (Lipinski definition) is 1. The second kappa shape index (κ2) is 11.7. The molecule has 0 saturated carbocycles. The third kappa shape index (κ3) is 5.34. The lowest BCUT2D eigenvalue weighted by molar-refractivity contribution is 0.116. The molecule has 1 unspecified atom stereocenters. The Morgan fingerprint density at radius 3 is 2.25 bits per heavy atom. The molecule has 0 fully saturated rings. The van der Waals surface area contributed by atoms with Gasteiger partial charge in [-0.05, 0) is 42.6 Å². The van der Waals surface area contributed by atoms with Crippen molar-refractivity contribution >= 4 is 17.9 Å². The van der Waals surface area contributed by atoms with Crippen LogP contribution in [-0.2, 0) is 4.74 Å². The minimum atomic E-state index is -0.320. The van der Waals surface area contributed by atoms with Crippen LogP contribution in [0, 0.1) is 6.92 Å². The van der Waals surface area contributed by atoms with Crippen molar-refractivity contribution in [2.75, 3.05) is 38.9 Å². The van der Waals surface area contributed by atoms with Crippen LogP contribution in [0.2, 0.25) is 0 Å². The maximum atomic E-state index is 5.66. The van der Waals surface area contributed by atoms with E-state index in [-0.39, 0.29) is 6.10 Å². The Kier molecular flexibility index (Phi) is 8.18. The van der Waals surface area contributed by atoms with Crippen molar-refractivity contribution in [3.05, 3.63) is 60.2 Å². The van der Waals surface area contributed by atoms with Crippen LogP contribution in [-0.4, -0.2) is 63.9 Å². The predicted molar refractivity (Wildman–Crippen MR) is 137 cm³/mol. The number of hydrogen-bond acceptors (Lipinski definition) is 11. The molecule has 4 aromatic rings. The number of rotatable bonds is 11. The minimum Gasteiger partial charge on any atom is -0.494 e. The van der Waals surface area contributed by atoms with Crippen LogP contribution >= 0.6 is 11.9 Å². The highest BCUT2D eigenvalue weighted by atomic mass is 32.2. The first kappa shape index (κ1) is 25.2. The second-order valence-electron chi connectivity index (χ2n) is 7.51. The van der Waals surface area contributed by atoms with E-state index in [0.29, 0.717) is 52.1 Å². The summed E-state index contributed by atoms with van der Waals surface area (Å²) in [5.41, 5.74) is 2.17. The monoisotopic (exact) mass is 509 g/mol. The fraction of sp³-hybridized carbons (Fsp3) is 0.292. The van der Waals surface area contributed by atoms with Gasteiger partial charge >= 0.3 is 0 Å². The van der Waals surface area contributed by atoms with E-state index in [2.05, 4.69) is 29.9 Å². The molecular formula is C24H27N7O4S. The molecule has 0 aliphatic rings. The summed E-state index contributed by atoms with van der Waals surface area (Å²) >= 11 is 1.38. The van der Waals surface area contributed by atoms with E-state index in [9.17, 15) is 0 Å². The van der Waals surface area contributed by atoms with Gasteiger partial charge in [-0.15, -0.1) is 10.2 Å². The van der Waals surface area contributed by atoms with Gasteiger partial charge in [0.05, 0.1) is 21.3 Å². The zero-order valence-corrected chi connectivity index (χ0v) is 21.4. The summed E-state index contributed by atoms with van der Waals surface area (Å²) in [6.07, 6.45) is 3.22. The molecule has 36 heavy (non-hydrogen) atoms. The summed E-state index contributed by atoms with van der Waals surface area (Å²) < 4.78 is 27.3. The van der Waals surface area contributed by atoms with Crippen molar-refractivity contribution in [3.8, 4) is 34.6 Å². The molecule has 188 valence electrons. The van der Waals surface area contributed by atoms with Crippen molar-refractivity contribution in [3.63, 3.8) is 0 Å². The van der Waals surface area contributed by atoms with Crippen LogP contribution in [0.15, 0.2) is 48.8 Å². The maximum absolute atomic E-state index is 5.66. The zero-order chi connectivity index (χ0) is 25.5. The molecule has 0 spiro atoms. The van der Waals surface area contributed by atoms with E-state index in [1.54, 1.807) is 51.5 Å². The third-order valence-electron chi connectivity index (χ3n) is 5.22. The highest BCUT2D eigenvalue weighted by molar-refractivity contribution is 8.00. The van der Waals surface area contributed by atoms with Gasteiger partial charge in [-0.2, -0.15) is 0 Å². The second-order valence-corrected chi connectivity index (χ2v) is 8.34. The summed E-state index contributed by atoms with van der Waals surface area (Å²) in [4.78, 5) is 13.3. The summed E-state index contributed by atoms with van der Waals surface area (Å²) in [5.74, 6) is 3.66. The van der Waals surface area contributed by atoms with E-state index in [1.807, 2.05) is 37.3 Å². The number of pyridine rings is 1. The summed E-state index contributed by atoms with van der Waals surface area (Å²) in [6, 6.07) is 11.0. The van der Waals surface area contributed by atoms with Crippen LogP contribution in [0.1, 0.15) is 17.5 Å². The molecule has 1 N–H and O–H groups in total. The smallest absolute Gasteiger partial charge is 0.239 e. The molecule has 0 amide bonds. The van der Waals surface area contributed by atoms with E-state index >= 15 is 0 Å². The average Bonchev–Trinajstić information content (AvgIpc) is 3.34. The summed E-state index contributed by atoms with van der Waals surface area (Å²) in [5, 5.41) is 8.83. The molecule has 0 saturated heterocycles. The number of benzene rings is 1. The molecule has 1 aromatic carbocycles. The Morgan fingerprint density at radius 1 is 0.917 bits per heavy atom. The molecule has 12 heteroatoms. The number of para-hydroxylation sites is 1. The van der Waals surface area contributed by atoms with Crippen molar-refractivity contribution in [2.45, 2.75) is 13.0 Å². The number of aryl methyl sites for hydroxylation is 1. The van der Waals surface area contributed by atoms with E-state index in [1.165, 1.54) is 11.9 Å². The van der Waals surface area contributed by atoms with Gasteiger partial charge in [-0.3, -0.25) is 9.29 Å². The Labute approximate surface area is 213 Å². The molecule has 0 radical (unpaired) electrons. The number of anilines is 1. The van der Waals surface area contributed by atoms with Gasteiger partial charge in [0.25, 0.3) is 0 Å². The maximum Gasteiger partial charge on any atom is 0.239 e. The SMILES string of the molecule is COc1cccc(-c2nnc(NSCC(OC)c3ncc(C)cn3)n2-c2c(OC)cccc2OC)n1. The third-order valence-corrected chi connectivity index (χ3v) is 6.02. The van der Waals surface area contributed by atoms with E-state index in [4.69, 9.17) is 18.9 Å². The molecule has 0 aliphatic heterocycles. The number of nitrogens with one attached hydrogen (secondary N) is 1. The van der Waals surface area contributed by atoms with Crippen LogP contribution in [0.25, 0.3) is 17.2 Å². The van der Waals surface area contributed by atoms with Gasteiger partial charge < -0.3 is 18.9 Å². The lowest BCUT2D eigenvalue weighted by Crippen LogP contribution is -2.12. The lowest BCUT2D eigenvalue weighted by Gasteiger charge is -2.18. The molecular weight excluding hydrogens is 482 g/mol. The van der Waals surface area contributed by atoms with Crippen molar-refractivity contribution in [2.24, 2.45) is 0 Å². The van der Waals surface area contributed by atoms with E-state index in [0.717, 1.165) is 5.56 Å². The van der Waals surface area contributed by atoms with Crippen LogP contribution < -0.4 is 18.9 Å². The molecule has 0 aliphatic carbocycles. The van der Waals surface area contributed by atoms with Crippen LogP contribution in [0.4, 0.5) is 5.95 Å². The first-order valence-electron chi connectivity index (χ1n) is 11.0. The normalized spacial score (nSPS) is 11.7. The van der Waals surface area contributed by atoms with Crippen molar-refractivity contribution in [1.29, 1.82) is 0 Å². The highest BCUT2D eigenvalue weighted by Crippen LogP contribution is 2.38. The molecule has 0 bridgehead atoms. The quantitative estimate of drug-likeness (QED) is 0.297. The first-order chi connectivity index (χ1) is 17.6. The number of nitrogens with zero attached hydrogens (tertiary/aromatic N) is 6. The largest absolute Gasteiger partial charge is 0.494 e. The average molecular weight is 510 g/mol.